The summed E-state index contributed by atoms with van der Waals surface area (Å²) in [5.74, 6) is -2.75. The van der Waals surface area contributed by atoms with Gasteiger partial charge in [-0.3, -0.25) is 9.59 Å². The molecule has 0 aliphatic rings. The maximum absolute atomic E-state index is 13.4. The monoisotopic (exact) mass is 662 g/mol. The fraction of sp³-hybridized carbons (Fsp3) is 0.0667. The van der Waals surface area contributed by atoms with Gasteiger partial charge in [0.2, 0.25) is 0 Å². The second kappa shape index (κ2) is 7.18. The smallest absolute Gasteiger partial charge is 0.190 e. The van der Waals surface area contributed by atoms with Crippen LogP contribution in [0.2, 0.25) is 0 Å². The number of fused-ring (bicyclic) bond motifs is 2. The Kier molecular flexibility index (Phi) is 4.45. The Morgan fingerprint density at radius 1 is 0.385 bits per heavy atom. The molecule has 39 heavy (non-hydrogen) atoms. The molecule has 192 valence electrons. The van der Waals surface area contributed by atoms with Crippen LogP contribution >= 0.6 is 0 Å². The summed E-state index contributed by atoms with van der Waals surface area (Å²) in [6, 6.07) is 4.77. The molecular weight excluding hydrogens is 646 g/mol. The average molecular weight is 662 g/mol. The summed E-state index contributed by atoms with van der Waals surface area (Å²) in [4.78, 5) is 26.7. The van der Waals surface area contributed by atoms with Crippen molar-refractivity contribution in [2.75, 3.05) is 0 Å². The first-order valence-corrected chi connectivity index (χ1v) is 11.8. The van der Waals surface area contributed by atoms with Crippen LogP contribution in [0.25, 0.3) is 75.4 Å². The third-order valence-electron chi connectivity index (χ3n) is 8.25. The zero-order valence-corrected chi connectivity index (χ0v) is 22.4. The molecule has 0 saturated heterocycles. The summed E-state index contributed by atoms with van der Waals surface area (Å²) in [6.45, 7) is 3.47. The molecule has 0 heterocycles. The van der Waals surface area contributed by atoms with E-state index in [0.717, 1.165) is 12.1 Å². The fourth-order valence-electron chi connectivity index (χ4n) is 6.98. The number of hydrogen-bond acceptors (Lipinski definition) is 8. The van der Waals surface area contributed by atoms with Gasteiger partial charge in [-0.05, 0) is 47.9 Å². The topological polar surface area (TPSA) is 156 Å². The fourth-order valence-corrected chi connectivity index (χ4v) is 6.98. The van der Waals surface area contributed by atoms with Gasteiger partial charge in [-0.15, -0.1) is 0 Å². The zero-order chi connectivity index (χ0) is 26.7. The van der Waals surface area contributed by atoms with Crippen molar-refractivity contribution in [3.8, 4) is 34.5 Å². The maximum atomic E-state index is 13.4. The molecule has 0 radical (unpaired) electrons. The Morgan fingerprint density at radius 2 is 0.667 bits per heavy atom. The molecule has 9 heteroatoms. The number of aryl methyl sites for hydroxylation is 2. The van der Waals surface area contributed by atoms with E-state index in [9.17, 15) is 40.2 Å². The van der Waals surface area contributed by atoms with Gasteiger partial charge < -0.3 is 30.6 Å². The molecular formula is C30H16GdO8. The van der Waals surface area contributed by atoms with Gasteiger partial charge in [0, 0.05) is 95.2 Å². The van der Waals surface area contributed by atoms with Crippen molar-refractivity contribution in [2.45, 2.75) is 13.8 Å². The molecule has 0 spiro atoms. The van der Waals surface area contributed by atoms with E-state index in [1.165, 1.54) is 12.1 Å². The molecule has 8 rings (SSSR count). The van der Waals surface area contributed by atoms with Crippen molar-refractivity contribution in [3.05, 3.63) is 55.8 Å². The van der Waals surface area contributed by atoms with Crippen LogP contribution in [-0.4, -0.2) is 30.6 Å². The van der Waals surface area contributed by atoms with E-state index in [1.54, 1.807) is 13.8 Å². The molecule has 0 atom stereocenters. The van der Waals surface area contributed by atoms with Gasteiger partial charge in [0.05, 0.1) is 21.5 Å². The van der Waals surface area contributed by atoms with Crippen LogP contribution in [-0.2, 0) is 0 Å². The number of phenolic OH excluding ortho intramolecular Hbond substituents is 6. The number of hydrogen-bond donors (Lipinski definition) is 6. The number of benzene rings is 8. The van der Waals surface area contributed by atoms with E-state index in [1.807, 2.05) is 0 Å². The first-order valence-electron chi connectivity index (χ1n) is 11.8. The minimum Gasteiger partial charge on any atom is -0.507 e. The zero-order valence-electron chi connectivity index (χ0n) is 20.2. The SMILES string of the molecule is Cc1cc(=O)c2c(O)c3c(O)cc(O)c4c5c(O)cc(O)c6c(O)c7c(=O)cc(C)c8c1c2c(c34)c(c65)c78.[Gd]. The number of rotatable bonds is 0. The first kappa shape index (κ1) is 24.1. The Labute approximate surface area is 248 Å². The third kappa shape index (κ3) is 2.43. The molecule has 6 N–H and O–H groups in total. The molecule has 0 bridgehead atoms. The quantitative estimate of drug-likeness (QED) is 0.0971. The van der Waals surface area contributed by atoms with Crippen LogP contribution in [0.3, 0.4) is 0 Å². The van der Waals surface area contributed by atoms with Crippen molar-refractivity contribution < 1.29 is 70.6 Å². The third-order valence-corrected chi connectivity index (χ3v) is 8.25. The molecule has 0 saturated carbocycles. The van der Waals surface area contributed by atoms with Gasteiger partial charge in [-0.1, -0.05) is 0 Å². The summed E-state index contributed by atoms with van der Waals surface area (Å²) in [5.41, 5.74) is 0.175. The average Bonchev–Trinajstić information content (AvgIpc) is 2.82. The van der Waals surface area contributed by atoms with E-state index in [0.29, 0.717) is 43.4 Å². The molecule has 8 aromatic rings. The standard InChI is InChI=1S/C30H16O8.Gd/c1-7-3-9(31)19-23-15(7)16-8(2)4-10(32)20-24(16)28-26-18(12(34)6-14(36)22(26)30(20)38)17-11(33)5-13(35)21(29(19)37)25(17)27(23)28;/h3-6,33-38H,1-2H3;. The van der Waals surface area contributed by atoms with Gasteiger partial charge in [0.25, 0.3) is 0 Å². The first-order chi connectivity index (χ1) is 18.0. The summed E-state index contributed by atoms with van der Waals surface area (Å²) >= 11 is 0. The minimum absolute atomic E-state index is 0. The predicted molar refractivity (Wildman–Crippen MR) is 146 cm³/mol. The summed E-state index contributed by atoms with van der Waals surface area (Å²) in [5, 5.41) is 69.6. The normalized spacial score (nSPS) is 12.5. The molecule has 0 fully saturated rings. The van der Waals surface area contributed by atoms with E-state index in [-0.39, 0.29) is 83.0 Å². The summed E-state index contributed by atoms with van der Waals surface area (Å²) in [7, 11) is 0. The van der Waals surface area contributed by atoms with E-state index < -0.39 is 45.4 Å². The van der Waals surface area contributed by atoms with Crippen LogP contribution in [0.4, 0.5) is 0 Å². The Bertz CT molecular complexity index is 2340. The Balaban J connectivity index is 0.00000253. The molecule has 8 nitrogen and oxygen atoms in total. The van der Waals surface area contributed by atoms with Crippen molar-refractivity contribution in [3.63, 3.8) is 0 Å². The van der Waals surface area contributed by atoms with Crippen molar-refractivity contribution in [1.82, 2.24) is 0 Å². The number of phenols is 6. The van der Waals surface area contributed by atoms with Gasteiger partial charge in [-0.2, -0.15) is 0 Å². The van der Waals surface area contributed by atoms with Crippen LogP contribution in [0, 0.1) is 53.8 Å². The second-order valence-corrected chi connectivity index (χ2v) is 10.2. The second-order valence-electron chi connectivity index (χ2n) is 10.2. The largest absolute Gasteiger partial charge is 0.507 e. The molecule has 0 aliphatic carbocycles. The van der Waals surface area contributed by atoms with E-state index in [4.69, 9.17) is 0 Å². The van der Waals surface area contributed by atoms with Crippen molar-refractivity contribution >= 4 is 75.4 Å². The Hall–Kier alpha value is -3.92. The van der Waals surface area contributed by atoms with Crippen molar-refractivity contribution in [1.29, 1.82) is 0 Å². The molecule has 0 unspecified atom stereocenters. The van der Waals surface area contributed by atoms with Crippen LogP contribution in [0.15, 0.2) is 33.9 Å². The van der Waals surface area contributed by atoms with Gasteiger partial charge in [-0.25, -0.2) is 0 Å². The summed E-state index contributed by atoms with van der Waals surface area (Å²) < 4.78 is 0. The van der Waals surface area contributed by atoms with E-state index >= 15 is 0 Å². The van der Waals surface area contributed by atoms with Crippen molar-refractivity contribution in [2.24, 2.45) is 0 Å². The molecule has 8 aromatic carbocycles. The van der Waals surface area contributed by atoms with Crippen LogP contribution in [0.1, 0.15) is 11.1 Å². The summed E-state index contributed by atoms with van der Waals surface area (Å²) in [6.07, 6.45) is 0. The van der Waals surface area contributed by atoms with Crippen LogP contribution < -0.4 is 10.9 Å². The molecule has 0 aliphatic heterocycles. The van der Waals surface area contributed by atoms with Gasteiger partial charge in [0.1, 0.15) is 34.5 Å². The minimum atomic E-state index is -0.483. The predicted octanol–water partition coefficient (Wildman–Crippen LogP) is 5.08. The molecule has 0 aromatic heterocycles. The van der Waals surface area contributed by atoms with E-state index in [2.05, 4.69) is 0 Å². The maximum Gasteiger partial charge on any atom is 0.190 e. The molecule has 0 amide bonds. The Morgan fingerprint density at radius 3 is 1.03 bits per heavy atom. The number of aromatic hydroxyl groups is 6. The van der Waals surface area contributed by atoms with Gasteiger partial charge in [0.15, 0.2) is 10.9 Å². The van der Waals surface area contributed by atoms with Gasteiger partial charge >= 0.3 is 0 Å². The van der Waals surface area contributed by atoms with Crippen LogP contribution in [0.5, 0.6) is 34.5 Å².